The minimum absolute atomic E-state index is 0.391. The topological polar surface area (TPSA) is 45.0 Å². The van der Waals surface area contributed by atoms with Crippen LogP contribution in [0.15, 0.2) is 36.4 Å². The van der Waals surface area contributed by atoms with Gasteiger partial charge in [-0.25, -0.2) is 0 Å². The molecule has 0 radical (unpaired) electrons. The van der Waals surface area contributed by atoms with Crippen molar-refractivity contribution >= 4 is 16.5 Å². The van der Waals surface area contributed by atoms with Crippen molar-refractivity contribution in [3.63, 3.8) is 0 Å². The van der Waals surface area contributed by atoms with E-state index >= 15 is 0 Å². The van der Waals surface area contributed by atoms with Crippen LogP contribution in [0.2, 0.25) is 0 Å². The van der Waals surface area contributed by atoms with Gasteiger partial charge in [-0.3, -0.25) is 0 Å². The van der Waals surface area contributed by atoms with Gasteiger partial charge < -0.3 is 10.1 Å². The summed E-state index contributed by atoms with van der Waals surface area (Å²) in [5.74, 6) is 0. The third-order valence-electron chi connectivity index (χ3n) is 3.83. The summed E-state index contributed by atoms with van der Waals surface area (Å²) in [5.41, 5.74) is 1.83. The van der Waals surface area contributed by atoms with Crippen LogP contribution in [0.1, 0.15) is 18.4 Å². The van der Waals surface area contributed by atoms with E-state index in [4.69, 9.17) is 10.00 Å². The Kier molecular flexibility index (Phi) is 3.10. The van der Waals surface area contributed by atoms with Gasteiger partial charge in [0, 0.05) is 29.6 Å². The fourth-order valence-corrected chi connectivity index (χ4v) is 2.62. The van der Waals surface area contributed by atoms with E-state index < -0.39 is 0 Å². The Morgan fingerprint density at radius 3 is 2.58 bits per heavy atom. The van der Waals surface area contributed by atoms with Gasteiger partial charge in [0.05, 0.1) is 17.7 Å². The molecule has 0 bridgehead atoms. The Morgan fingerprint density at radius 2 is 1.89 bits per heavy atom. The highest BCUT2D eigenvalue weighted by atomic mass is 16.5. The van der Waals surface area contributed by atoms with Gasteiger partial charge in [0.1, 0.15) is 0 Å². The third-order valence-corrected chi connectivity index (χ3v) is 3.83. The minimum Gasteiger partial charge on any atom is -0.382 e. The number of hydrogen-bond donors (Lipinski definition) is 1. The van der Waals surface area contributed by atoms with Crippen LogP contribution >= 0.6 is 0 Å². The molecule has 0 heterocycles. The van der Waals surface area contributed by atoms with Crippen molar-refractivity contribution in [1.82, 2.24) is 0 Å². The lowest BCUT2D eigenvalue weighted by molar-refractivity contribution is 0.0329. The zero-order valence-corrected chi connectivity index (χ0v) is 10.9. The predicted molar refractivity (Wildman–Crippen MR) is 76.1 cm³/mol. The van der Waals surface area contributed by atoms with Gasteiger partial charge in [-0.05, 0) is 25.0 Å². The molecule has 0 amide bonds. The van der Waals surface area contributed by atoms with Crippen LogP contribution in [0, 0.1) is 11.3 Å². The summed E-state index contributed by atoms with van der Waals surface area (Å²) in [6.45, 7) is 0. The zero-order chi connectivity index (χ0) is 13.2. The van der Waals surface area contributed by atoms with E-state index in [1.165, 1.54) is 0 Å². The summed E-state index contributed by atoms with van der Waals surface area (Å²) in [4.78, 5) is 0. The maximum atomic E-state index is 9.15. The summed E-state index contributed by atoms with van der Waals surface area (Å²) in [6.07, 6.45) is 2.48. The molecule has 2 aromatic rings. The second kappa shape index (κ2) is 4.91. The number of benzene rings is 2. The van der Waals surface area contributed by atoms with E-state index in [1.807, 2.05) is 30.3 Å². The standard InChI is InChI=1S/C16H16N2O/c1-19-13-8-12(9-13)18-16-7-6-11(10-17)14-4-2-3-5-15(14)16/h2-7,12-13,18H,8-9H2,1H3. The molecule has 0 unspecified atom stereocenters. The molecule has 1 aliphatic rings. The van der Waals surface area contributed by atoms with Crippen molar-refractivity contribution < 1.29 is 4.74 Å². The average Bonchev–Trinajstić information content (AvgIpc) is 2.42. The third kappa shape index (κ3) is 2.16. The average molecular weight is 252 g/mol. The van der Waals surface area contributed by atoms with Crippen LogP contribution in [0.3, 0.4) is 0 Å². The van der Waals surface area contributed by atoms with Crippen LogP contribution in [-0.2, 0) is 4.74 Å². The Labute approximate surface area is 112 Å². The van der Waals surface area contributed by atoms with Gasteiger partial charge >= 0.3 is 0 Å². The number of ether oxygens (including phenoxy) is 1. The molecule has 0 atom stereocenters. The second-order valence-electron chi connectivity index (χ2n) is 4.99. The second-order valence-corrected chi connectivity index (χ2v) is 4.99. The highest BCUT2D eigenvalue weighted by Gasteiger charge is 2.29. The van der Waals surface area contributed by atoms with Gasteiger partial charge in [-0.2, -0.15) is 5.26 Å². The van der Waals surface area contributed by atoms with Gasteiger partial charge in [0.25, 0.3) is 0 Å². The highest BCUT2D eigenvalue weighted by Crippen LogP contribution is 2.31. The van der Waals surface area contributed by atoms with E-state index in [-0.39, 0.29) is 0 Å². The van der Waals surface area contributed by atoms with E-state index in [9.17, 15) is 0 Å². The lowest BCUT2D eigenvalue weighted by Gasteiger charge is -2.35. The molecule has 0 spiro atoms. The van der Waals surface area contributed by atoms with Crippen molar-refractivity contribution in [1.29, 1.82) is 5.26 Å². The number of methoxy groups -OCH3 is 1. The van der Waals surface area contributed by atoms with Crippen LogP contribution in [0.25, 0.3) is 10.8 Å². The lowest BCUT2D eigenvalue weighted by atomic mass is 9.88. The number of anilines is 1. The van der Waals surface area contributed by atoms with E-state index in [0.717, 1.165) is 34.9 Å². The molecule has 0 aromatic heterocycles. The zero-order valence-electron chi connectivity index (χ0n) is 10.9. The van der Waals surface area contributed by atoms with Crippen LogP contribution in [0.4, 0.5) is 5.69 Å². The normalized spacial score (nSPS) is 21.7. The smallest absolute Gasteiger partial charge is 0.0998 e. The fraction of sp³-hybridized carbons (Fsp3) is 0.312. The fourth-order valence-electron chi connectivity index (χ4n) is 2.62. The number of nitrogens with zero attached hydrogens (tertiary/aromatic N) is 1. The monoisotopic (exact) mass is 252 g/mol. The van der Waals surface area contributed by atoms with Crippen LogP contribution in [-0.4, -0.2) is 19.3 Å². The molecule has 1 aliphatic carbocycles. The molecule has 96 valence electrons. The van der Waals surface area contributed by atoms with E-state index in [2.05, 4.69) is 17.5 Å². The van der Waals surface area contributed by atoms with Gasteiger partial charge in [0.15, 0.2) is 0 Å². The van der Waals surface area contributed by atoms with Crippen molar-refractivity contribution in [2.24, 2.45) is 0 Å². The molecule has 0 saturated heterocycles. The lowest BCUT2D eigenvalue weighted by Crippen LogP contribution is -2.40. The Balaban J connectivity index is 1.91. The molecule has 1 fully saturated rings. The summed E-state index contributed by atoms with van der Waals surface area (Å²) < 4.78 is 5.30. The summed E-state index contributed by atoms with van der Waals surface area (Å²) in [5, 5.41) is 14.8. The van der Waals surface area contributed by atoms with Gasteiger partial charge in [0.2, 0.25) is 0 Å². The molecule has 3 heteroatoms. The van der Waals surface area contributed by atoms with Crippen molar-refractivity contribution in [3.05, 3.63) is 42.0 Å². The summed E-state index contributed by atoms with van der Waals surface area (Å²) >= 11 is 0. The van der Waals surface area contributed by atoms with E-state index in [0.29, 0.717) is 12.1 Å². The Hall–Kier alpha value is -2.05. The number of fused-ring (bicyclic) bond motifs is 1. The molecular weight excluding hydrogens is 236 g/mol. The first-order chi connectivity index (χ1) is 9.31. The number of hydrogen-bond acceptors (Lipinski definition) is 3. The molecule has 1 saturated carbocycles. The maximum absolute atomic E-state index is 9.15. The van der Waals surface area contributed by atoms with Gasteiger partial charge in [-0.15, -0.1) is 0 Å². The summed E-state index contributed by atoms with van der Waals surface area (Å²) in [7, 11) is 1.76. The van der Waals surface area contributed by atoms with Gasteiger partial charge in [-0.1, -0.05) is 24.3 Å². The molecular formula is C16H16N2O. The molecule has 0 aliphatic heterocycles. The quantitative estimate of drug-likeness (QED) is 0.911. The first-order valence-electron chi connectivity index (χ1n) is 6.53. The SMILES string of the molecule is COC1CC(Nc2ccc(C#N)c3ccccc23)C1. The summed E-state index contributed by atoms with van der Waals surface area (Å²) in [6, 6.07) is 14.6. The Morgan fingerprint density at radius 1 is 1.16 bits per heavy atom. The molecule has 19 heavy (non-hydrogen) atoms. The molecule has 3 rings (SSSR count). The number of nitrogens with one attached hydrogen (secondary N) is 1. The minimum atomic E-state index is 0.391. The predicted octanol–water partition coefficient (Wildman–Crippen LogP) is 3.30. The van der Waals surface area contributed by atoms with Crippen molar-refractivity contribution in [2.45, 2.75) is 25.0 Å². The van der Waals surface area contributed by atoms with E-state index in [1.54, 1.807) is 7.11 Å². The largest absolute Gasteiger partial charge is 0.382 e. The molecule has 3 nitrogen and oxygen atoms in total. The first kappa shape index (κ1) is 12.0. The van der Waals surface area contributed by atoms with Crippen molar-refractivity contribution in [2.75, 3.05) is 12.4 Å². The van der Waals surface area contributed by atoms with Crippen LogP contribution in [0.5, 0.6) is 0 Å². The number of nitriles is 1. The first-order valence-corrected chi connectivity index (χ1v) is 6.53. The molecule has 1 N–H and O–H groups in total. The molecule has 2 aromatic carbocycles. The van der Waals surface area contributed by atoms with Crippen molar-refractivity contribution in [3.8, 4) is 6.07 Å². The number of rotatable bonds is 3. The van der Waals surface area contributed by atoms with Crippen LogP contribution < -0.4 is 5.32 Å². The highest BCUT2D eigenvalue weighted by molar-refractivity contribution is 5.97. The maximum Gasteiger partial charge on any atom is 0.0998 e. The Bertz CT molecular complexity index is 639.